The summed E-state index contributed by atoms with van der Waals surface area (Å²) in [6, 6.07) is 10.2. The maximum Gasteiger partial charge on any atom is 0.185 e. The third-order valence-corrected chi connectivity index (χ3v) is 6.10. The molecule has 5 nitrogen and oxygen atoms in total. The third-order valence-electron chi connectivity index (χ3n) is 5.53. The van der Waals surface area contributed by atoms with Gasteiger partial charge in [-0.1, -0.05) is 30.3 Å². The molecule has 5 rings (SSSR count). The summed E-state index contributed by atoms with van der Waals surface area (Å²) >= 11 is 4.59. The van der Waals surface area contributed by atoms with Crippen LogP contribution in [0.2, 0.25) is 0 Å². The van der Waals surface area contributed by atoms with Gasteiger partial charge >= 0.3 is 0 Å². The zero-order valence-electron chi connectivity index (χ0n) is 14.6. The number of hydrogen-bond acceptors (Lipinski definition) is 5. The maximum atomic E-state index is 10.4. The van der Waals surface area contributed by atoms with Crippen molar-refractivity contribution >= 4 is 18.6 Å². The summed E-state index contributed by atoms with van der Waals surface area (Å²) in [6.07, 6.45) is 2.65. The molecule has 2 N–H and O–H groups in total. The number of thiol groups is 1. The van der Waals surface area contributed by atoms with Crippen LogP contribution in [-0.2, 0) is 14.5 Å². The number of quaternary nitrogens is 1. The molecule has 138 valence electrons. The van der Waals surface area contributed by atoms with Crippen molar-refractivity contribution in [1.82, 2.24) is 4.90 Å². The van der Waals surface area contributed by atoms with Crippen molar-refractivity contribution in [2.45, 2.75) is 24.2 Å². The number of nitrogens with two attached hydrogens (primary N) is 1. The summed E-state index contributed by atoms with van der Waals surface area (Å²) in [5.74, 6) is 0.152. The summed E-state index contributed by atoms with van der Waals surface area (Å²) in [7, 11) is 0. The molecule has 1 aromatic carbocycles. The predicted octanol–water partition coefficient (Wildman–Crippen LogP) is -0.169. The first-order valence-corrected chi connectivity index (χ1v) is 9.67. The van der Waals surface area contributed by atoms with E-state index < -0.39 is 5.97 Å². The number of carboxylic acid groups (broad SMARTS) is 1. The van der Waals surface area contributed by atoms with Gasteiger partial charge in [-0.15, -0.1) is 12.6 Å². The number of ether oxygens (including phenoxy) is 1. The molecule has 0 amide bonds. The molecule has 1 aromatic rings. The highest BCUT2D eigenvalue weighted by molar-refractivity contribution is 7.81. The van der Waals surface area contributed by atoms with Gasteiger partial charge in [0, 0.05) is 12.5 Å². The van der Waals surface area contributed by atoms with Gasteiger partial charge in [-0.3, -0.25) is 0 Å². The van der Waals surface area contributed by atoms with Crippen molar-refractivity contribution < 1.29 is 20.0 Å². The lowest BCUT2D eigenvalue weighted by Gasteiger charge is -2.45. The second-order valence-corrected chi connectivity index (χ2v) is 7.98. The molecule has 25 heavy (non-hydrogen) atoms. The van der Waals surface area contributed by atoms with Crippen molar-refractivity contribution in [3.05, 3.63) is 35.9 Å². The molecule has 0 spiro atoms. The van der Waals surface area contributed by atoms with E-state index in [9.17, 15) is 9.90 Å². The zero-order chi connectivity index (χ0) is 17.7. The lowest BCUT2D eigenvalue weighted by molar-refractivity contribution is -0.681. The van der Waals surface area contributed by atoms with Crippen molar-refractivity contribution in [2.75, 3.05) is 39.3 Å². The molecule has 4 aliphatic rings. The average Bonchev–Trinajstić information content (AvgIpc) is 2.64. The number of morpholine rings is 1. The molecule has 2 bridgehead atoms. The van der Waals surface area contributed by atoms with Gasteiger partial charge in [-0.2, -0.15) is 0 Å². The molecule has 0 aliphatic carbocycles. The molecule has 4 heterocycles. The summed E-state index contributed by atoms with van der Waals surface area (Å²) in [4.78, 5) is 12.4. The van der Waals surface area contributed by atoms with Gasteiger partial charge in [0.15, 0.2) is 4.93 Å². The first kappa shape index (κ1) is 18.7. The molecule has 0 unspecified atom stereocenters. The SMILES string of the molecule is O=C([O-])C[C@H]1CN2CCC1CC2.S[C@]1(c2ccccc2)C[NH2+]CCO1. The van der Waals surface area contributed by atoms with Crippen LogP contribution in [0.1, 0.15) is 24.8 Å². The van der Waals surface area contributed by atoms with Crippen LogP contribution in [0.5, 0.6) is 0 Å². The monoisotopic (exact) mass is 364 g/mol. The number of rotatable bonds is 3. The minimum absolute atomic E-state index is 0.265. The normalized spacial score (nSPS) is 34.0. The van der Waals surface area contributed by atoms with Crippen LogP contribution in [-0.4, -0.2) is 50.2 Å². The molecule has 0 saturated carbocycles. The fourth-order valence-corrected chi connectivity index (χ4v) is 4.47. The molecule has 4 fully saturated rings. The van der Waals surface area contributed by atoms with Crippen LogP contribution in [0, 0.1) is 11.8 Å². The second kappa shape index (κ2) is 8.54. The fourth-order valence-electron chi connectivity index (χ4n) is 4.10. The van der Waals surface area contributed by atoms with Crippen LogP contribution in [0.15, 0.2) is 30.3 Å². The Morgan fingerprint density at radius 1 is 1.32 bits per heavy atom. The molecule has 2 atom stereocenters. The third kappa shape index (κ3) is 4.97. The van der Waals surface area contributed by atoms with Crippen LogP contribution in [0.4, 0.5) is 0 Å². The highest BCUT2D eigenvalue weighted by Crippen LogP contribution is 2.33. The highest BCUT2D eigenvalue weighted by atomic mass is 32.1. The van der Waals surface area contributed by atoms with E-state index in [2.05, 4.69) is 35.0 Å². The first-order chi connectivity index (χ1) is 12.1. The summed E-state index contributed by atoms with van der Waals surface area (Å²) in [6.45, 7) is 6.04. The van der Waals surface area contributed by atoms with E-state index in [0.717, 1.165) is 31.8 Å². The number of carboxylic acids is 1. The smallest absolute Gasteiger partial charge is 0.185 e. The Bertz CT molecular complexity index is 555. The van der Waals surface area contributed by atoms with Crippen LogP contribution >= 0.6 is 12.6 Å². The quantitative estimate of drug-likeness (QED) is 0.731. The van der Waals surface area contributed by atoms with Crippen molar-refractivity contribution in [3.63, 3.8) is 0 Å². The Hall–Kier alpha value is -1.08. The Balaban J connectivity index is 0.000000146. The Labute approximate surface area is 155 Å². The lowest BCUT2D eigenvalue weighted by Crippen LogP contribution is -2.90. The lowest BCUT2D eigenvalue weighted by atomic mass is 9.77. The van der Waals surface area contributed by atoms with Crippen molar-refractivity contribution in [1.29, 1.82) is 0 Å². The van der Waals surface area contributed by atoms with Crippen LogP contribution < -0.4 is 10.4 Å². The molecule has 0 radical (unpaired) electrons. The Morgan fingerprint density at radius 2 is 2.04 bits per heavy atom. The molecule has 6 heteroatoms. The minimum atomic E-state index is -0.881. The first-order valence-electron chi connectivity index (χ1n) is 9.22. The van der Waals surface area contributed by atoms with E-state index in [-0.39, 0.29) is 11.4 Å². The number of fused-ring (bicyclic) bond motifs is 3. The number of nitrogens with zero attached hydrogens (tertiary/aromatic N) is 1. The number of benzene rings is 1. The Kier molecular flexibility index (Phi) is 6.39. The molecular formula is C19H28N2O3S. The number of carbonyl (C=O) groups excluding carboxylic acids is 1. The minimum Gasteiger partial charge on any atom is -0.550 e. The molecular weight excluding hydrogens is 336 g/mol. The van der Waals surface area contributed by atoms with Gasteiger partial charge in [-0.05, 0) is 49.8 Å². The van der Waals surface area contributed by atoms with Gasteiger partial charge in [0.2, 0.25) is 0 Å². The molecule has 4 saturated heterocycles. The highest BCUT2D eigenvalue weighted by Gasteiger charge is 2.34. The topological polar surface area (TPSA) is 69.2 Å². The van der Waals surface area contributed by atoms with E-state index in [1.54, 1.807) is 0 Å². The van der Waals surface area contributed by atoms with Gasteiger partial charge in [-0.25, -0.2) is 0 Å². The summed E-state index contributed by atoms with van der Waals surface area (Å²) < 4.78 is 5.68. The average molecular weight is 365 g/mol. The molecule has 4 aliphatic heterocycles. The van der Waals surface area contributed by atoms with E-state index in [1.165, 1.54) is 25.9 Å². The second-order valence-electron chi connectivity index (χ2n) is 7.25. The number of carbonyl (C=O) groups is 1. The molecule has 0 aromatic heterocycles. The van der Waals surface area contributed by atoms with Gasteiger partial charge in [0.1, 0.15) is 6.54 Å². The van der Waals surface area contributed by atoms with Crippen molar-refractivity contribution in [2.24, 2.45) is 11.8 Å². The Morgan fingerprint density at radius 3 is 2.56 bits per heavy atom. The zero-order valence-corrected chi connectivity index (χ0v) is 15.5. The van der Waals surface area contributed by atoms with Crippen LogP contribution in [0.3, 0.4) is 0 Å². The fraction of sp³-hybridized carbons (Fsp3) is 0.632. The number of hydrogen-bond donors (Lipinski definition) is 2. The largest absolute Gasteiger partial charge is 0.550 e. The van der Waals surface area contributed by atoms with Gasteiger partial charge in [0.05, 0.1) is 13.2 Å². The van der Waals surface area contributed by atoms with E-state index >= 15 is 0 Å². The van der Waals surface area contributed by atoms with E-state index in [4.69, 9.17) is 4.74 Å². The summed E-state index contributed by atoms with van der Waals surface area (Å²) in [5.41, 5.74) is 1.15. The standard InChI is InChI=1S/C10H13NOS.C9H15NO2/c13-10(8-11-6-7-12-10)9-4-2-1-3-5-9;11-9(12)5-8-6-10-3-1-7(8)2-4-10/h1-5,11,13H,6-8H2;7-8H,1-6H2,(H,11,12)/t10-;8-/m00/s1. The number of aliphatic carboxylic acids is 1. The number of piperidine rings is 3. The van der Waals surface area contributed by atoms with Gasteiger partial charge in [0.25, 0.3) is 0 Å². The maximum absolute atomic E-state index is 10.4. The van der Waals surface area contributed by atoms with Crippen molar-refractivity contribution in [3.8, 4) is 0 Å². The van der Waals surface area contributed by atoms with E-state index in [0.29, 0.717) is 11.8 Å². The summed E-state index contributed by atoms with van der Waals surface area (Å²) in [5, 5.41) is 12.7. The van der Waals surface area contributed by atoms with Crippen LogP contribution in [0.25, 0.3) is 0 Å². The predicted molar refractivity (Wildman–Crippen MR) is 97.0 cm³/mol. The van der Waals surface area contributed by atoms with Gasteiger partial charge < -0.3 is 24.9 Å². The van der Waals surface area contributed by atoms with E-state index in [1.807, 2.05) is 18.2 Å².